The molecule has 0 unspecified atom stereocenters. The summed E-state index contributed by atoms with van der Waals surface area (Å²) in [5.74, 6) is 0.567. The Bertz CT molecular complexity index is 1030. The van der Waals surface area contributed by atoms with Gasteiger partial charge in [-0.1, -0.05) is 24.3 Å². The van der Waals surface area contributed by atoms with Crippen molar-refractivity contribution in [1.82, 2.24) is 14.6 Å². The lowest BCUT2D eigenvalue weighted by Gasteiger charge is -2.05. The second kappa shape index (κ2) is 6.37. The van der Waals surface area contributed by atoms with Gasteiger partial charge in [0.05, 0.1) is 17.7 Å². The first kappa shape index (κ1) is 15.3. The van der Waals surface area contributed by atoms with E-state index in [9.17, 15) is 4.79 Å². The minimum absolute atomic E-state index is 0.233. The molecule has 0 saturated carbocycles. The number of ether oxygens (including phenoxy) is 1. The first-order valence-corrected chi connectivity index (χ1v) is 8.48. The van der Waals surface area contributed by atoms with E-state index < -0.39 is 0 Å². The molecule has 124 valence electrons. The zero-order valence-electron chi connectivity index (χ0n) is 13.3. The summed E-state index contributed by atoms with van der Waals surface area (Å²) in [6.45, 7) is 0. The quantitative estimate of drug-likeness (QED) is 0.609. The highest BCUT2D eigenvalue weighted by Crippen LogP contribution is 2.29. The van der Waals surface area contributed by atoms with Gasteiger partial charge in [0, 0.05) is 5.56 Å². The number of carbonyl (C=O) groups excluding carboxylic acids is 1. The summed E-state index contributed by atoms with van der Waals surface area (Å²) in [7, 11) is 1.58. The largest absolute Gasteiger partial charge is 0.493 e. The van der Waals surface area contributed by atoms with Gasteiger partial charge in [-0.2, -0.15) is 4.98 Å². The molecule has 4 rings (SSSR count). The van der Waals surface area contributed by atoms with Crippen LogP contribution in [0.1, 0.15) is 10.4 Å². The van der Waals surface area contributed by atoms with Gasteiger partial charge in [0.15, 0.2) is 11.4 Å². The normalized spacial score (nSPS) is 10.8. The molecule has 0 aliphatic rings. The van der Waals surface area contributed by atoms with Gasteiger partial charge in [-0.15, -0.1) is 16.4 Å². The zero-order chi connectivity index (χ0) is 17.2. The van der Waals surface area contributed by atoms with E-state index in [0.717, 1.165) is 10.6 Å². The maximum absolute atomic E-state index is 12.3. The predicted octanol–water partition coefficient (Wildman–Crippen LogP) is 3.72. The Morgan fingerprint density at radius 3 is 2.68 bits per heavy atom. The Kier molecular flexibility index (Phi) is 3.91. The number of carbonyl (C=O) groups is 1. The second-order valence-corrected chi connectivity index (χ2v) is 6.20. The highest BCUT2D eigenvalue weighted by atomic mass is 32.1. The van der Waals surface area contributed by atoms with Crippen molar-refractivity contribution in [2.75, 3.05) is 12.4 Å². The first-order chi connectivity index (χ1) is 12.3. The number of hydrogen-bond acceptors (Lipinski definition) is 5. The van der Waals surface area contributed by atoms with Gasteiger partial charge < -0.3 is 4.74 Å². The highest BCUT2D eigenvalue weighted by molar-refractivity contribution is 7.13. The third-order valence-corrected chi connectivity index (χ3v) is 4.60. The number of methoxy groups -OCH3 is 1. The minimum Gasteiger partial charge on any atom is -0.493 e. The van der Waals surface area contributed by atoms with Crippen molar-refractivity contribution in [3.63, 3.8) is 0 Å². The summed E-state index contributed by atoms with van der Waals surface area (Å²) in [6, 6.07) is 16.7. The zero-order valence-corrected chi connectivity index (χ0v) is 14.2. The lowest BCUT2D eigenvalue weighted by atomic mass is 10.2. The van der Waals surface area contributed by atoms with Gasteiger partial charge in [-0.05, 0) is 35.7 Å². The average molecular weight is 350 g/mol. The molecule has 1 N–H and O–H groups in total. The minimum atomic E-state index is -0.256. The van der Waals surface area contributed by atoms with E-state index in [1.165, 1.54) is 0 Å². The number of amides is 1. The van der Waals surface area contributed by atoms with E-state index in [1.807, 2.05) is 47.8 Å². The molecule has 1 amide bonds. The lowest BCUT2D eigenvalue weighted by molar-refractivity contribution is 0.102. The Morgan fingerprint density at radius 2 is 1.96 bits per heavy atom. The molecular formula is C18H14N4O2S. The van der Waals surface area contributed by atoms with Crippen molar-refractivity contribution in [3.05, 3.63) is 65.5 Å². The van der Waals surface area contributed by atoms with E-state index in [1.54, 1.807) is 35.1 Å². The third-order valence-electron chi connectivity index (χ3n) is 3.70. The smallest absolute Gasteiger partial charge is 0.258 e. The van der Waals surface area contributed by atoms with Gasteiger partial charge in [0.25, 0.3) is 5.91 Å². The van der Waals surface area contributed by atoms with Crippen LogP contribution in [0, 0.1) is 0 Å². The molecule has 0 saturated heterocycles. The van der Waals surface area contributed by atoms with Crippen LogP contribution in [0.5, 0.6) is 5.75 Å². The number of nitrogens with zero attached hydrogens (tertiary/aromatic N) is 3. The number of hydrogen-bond donors (Lipinski definition) is 1. The topological polar surface area (TPSA) is 68.5 Å². The number of aromatic nitrogens is 3. The lowest BCUT2D eigenvalue weighted by Crippen LogP contribution is -2.12. The molecule has 0 aliphatic carbocycles. The fourth-order valence-electron chi connectivity index (χ4n) is 2.53. The molecule has 4 aromatic rings. The van der Waals surface area contributed by atoms with E-state index in [4.69, 9.17) is 4.74 Å². The van der Waals surface area contributed by atoms with Crippen molar-refractivity contribution in [2.24, 2.45) is 0 Å². The molecule has 25 heavy (non-hydrogen) atoms. The van der Waals surface area contributed by atoms with Crippen LogP contribution < -0.4 is 10.1 Å². The van der Waals surface area contributed by atoms with Crippen LogP contribution in [-0.2, 0) is 0 Å². The average Bonchev–Trinajstić information content (AvgIpc) is 3.31. The second-order valence-electron chi connectivity index (χ2n) is 5.26. The highest BCUT2D eigenvalue weighted by Gasteiger charge is 2.16. The molecule has 0 fully saturated rings. The van der Waals surface area contributed by atoms with Crippen LogP contribution in [0.4, 0.5) is 5.95 Å². The standard InChI is InChI=1S/C18H14N4O2S/c1-24-14-10-9-13(15-8-5-11-25-15)22-16(14)19-18(21-22)20-17(23)12-6-3-2-4-7-12/h2-11H,1H3,(H,20,21,23). The number of fused-ring (bicyclic) bond motifs is 1. The van der Waals surface area contributed by atoms with Gasteiger partial charge in [0.2, 0.25) is 5.95 Å². The van der Waals surface area contributed by atoms with E-state index in [2.05, 4.69) is 15.4 Å². The summed E-state index contributed by atoms with van der Waals surface area (Å²) in [5.41, 5.74) is 1.99. The number of nitrogens with one attached hydrogen (secondary N) is 1. The summed E-state index contributed by atoms with van der Waals surface area (Å²) in [6.07, 6.45) is 0. The molecule has 0 bridgehead atoms. The summed E-state index contributed by atoms with van der Waals surface area (Å²) < 4.78 is 7.06. The van der Waals surface area contributed by atoms with Crippen molar-refractivity contribution in [2.45, 2.75) is 0 Å². The van der Waals surface area contributed by atoms with Crippen LogP contribution in [0.15, 0.2) is 60.0 Å². The maximum atomic E-state index is 12.3. The number of rotatable bonds is 4. The van der Waals surface area contributed by atoms with Crippen LogP contribution >= 0.6 is 11.3 Å². The molecule has 0 atom stereocenters. The fraction of sp³-hybridized carbons (Fsp3) is 0.0556. The van der Waals surface area contributed by atoms with Crippen LogP contribution in [0.2, 0.25) is 0 Å². The Balaban J connectivity index is 1.76. The number of pyridine rings is 1. The van der Waals surface area contributed by atoms with Crippen molar-refractivity contribution in [1.29, 1.82) is 0 Å². The van der Waals surface area contributed by atoms with Crippen molar-refractivity contribution >= 4 is 28.8 Å². The van der Waals surface area contributed by atoms with Gasteiger partial charge in [-0.25, -0.2) is 4.52 Å². The predicted molar refractivity (Wildman–Crippen MR) is 97.2 cm³/mol. The Labute approximate surface area is 147 Å². The van der Waals surface area contributed by atoms with Crippen molar-refractivity contribution < 1.29 is 9.53 Å². The first-order valence-electron chi connectivity index (χ1n) is 7.60. The molecule has 0 spiro atoms. The van der Waals surface area contributed by atoms with E-state index in [-0.39, 0.29) is 11.9 Å². The monoisotopic (exact) mass is 350 g/mol. The fourth-order valence-corrected chi connectivity index (χ4v) is 3.26. The van der Waals surface area contributed by atoms with Crippen LogP contribution in [0.25, 0.3) is 16.2 Å². The Hall–Kier alpha value is -3.19. The maximum Gasteiger partial charge on any atom is 0.258 e. The van der Waals surface area contributed by atoms with E-state index in [0.29, 0.717) is 17.0 Å². The SMILES string of the molecule is COc1ccc(-c2cccs2)n2nc(NC(=O)c3ccccc3)nc12. The molecule has 3 aromatic heterocycles. The van der Waals surface area contributed by atoms with Crippen LogP contribution in [0.3, 0.4) is 0 Å². The third kappa shape index (κ3) is 2.85. The molecule has 0 aliphatic heterocycles. The molecular weight excluding hydrogens is 336 g/mol. The van der Waals surface area contributed by atoms with Gasteiger partial charge >= 0.3 is 0 Å². The molecule has 6 nitrogen and oxygen atoms in total. The Morgan fingerprint density at radius 1 is 1.12 bits per heavy atom. The molecule has 1 aromatic carbocycles. The number of thiophene rings is 1. The number of anilines is 1. The summed E-state index contributed by atoms with van der Waals surface area (Å²) >= 11 is 1.61. The summed E-state index contributed by atoms with van der Waals surface area (Å²) in [5, 5.41) is 9.18. The van der Waals surface area contributed by atoms with Crippen LogP contribution in [-0.4, -0.2) is 27.6 Å². The number of benzene rings is 1. The molecule has 7 heteroatoms. The van der Waals surface area contributed by atoms with E-state index >= 15 is 0 Å². The van der Waals surface area contributed by atoms with Gasteiger partial charge in [0.1, 0.15) is 0 Å². The van der Waals surface area contributed by atoms with Gasteiger partial charge in [-0.3, -0.25) is 10.1 Å². The molecule has 0 radical (unpaired) electrons. The van der Waals surface area contributed by atoms with Crippen molar-refractivity contribution in [3.8, 4) is 16.3 Å². The molecule has 3 heterocycles. The summed E-state index contributed by atoms with van der Waals surface area (Å²) in [4.78, 5) is 17.8.